The fourth-order valence-corrected chi connectivity index (χ4v) is 6.94. The summed E-state index contributed by atoms with van der Waals surface area (Å²) >= 11 is 0. The van der Waals surface area contributed by atoms with E-state index in [1.54, 1.807) is 4.90 Å². The Morgan fingerprint density at radius 2 is 1.84 bits per heavy atom. The van der Waals surface area contributed by atoms with Crippen molar-refractivity contribution in [2.24, 2.45) is 0 Å². The van der Waals surface area contributed by atoms with Crippen molar-refractivity contribution >= 4 is 28.4 Å². The Bertz CT molecular complexity index is 1590. The molecule has 10 nitrogen and oxygen atoms in total. The largest absolute Gasteiger partial charge is 0.462 e. The topological polar surface area (TPSA) is 98.1 Å². The van der Waals surface area contributed by atoms with Crippen molar-refractivity contribution in [1.82, 2.24) is 19.8 Å². The van der Waals surface area contributed by atoms with Crippen LogP contribution >= 0.6 is 0 Å². The molecule has 3 aliphatic heterocycles. The van der Waals surface area contributed by atoms with E-state index in [2.05, 4.69) is 71.1 Å². The minimum absolute atomic E-state index is 0.217. The Morgan fingerprint density at radius 1 is 1.04 bits per heavy atom. The van der Waals surface area contributed by atoms with Crippen molar-refractivity contribution in [1.29, 1.82) is 5.26 Å². The highest BCUT2D eigenvalue weighted by atomic mass is 16.6. The van der Waals surface area contributed by atoms with E-state index in [9.17, 15) is 10.1 Å². The molecular weight excluding hydrogens is 566 g/mol. The number of anilines is 2. The van der Waals surface area contributed by atoms with Crippen LogP contribution < -0.4 is 14.5 Å². The van der Waals surface area contributed by atoms with Gasteiger partial charge >= 0.3 is 12.1 Å². The molecule has 0 N–H and O–H groups in total. The van der Waals surface area contributed by atoms with Crippen LogP contribution in [0.3, 0.4) is 0 Å². The number of aromatic nitrogens is 2. The fraction of sp³-hybridized carbons (Fsp3) is 0.543. The number of hydrogen-bond acceptors (Lipinski definition) is 9. The Kier molecular flexibility index (Phi) is 8.74. The van der Waals surface area contributed by atoms with Gasteiger partial charge in [-0.05, 0) is 77.6 Å². The number of carbonyl (C=O) groups excluding carboxylic acids is 1. The zero-order valence-corrected chi connectivity index (χ0v) is 27.3. The number of likely N-dealkylation sites (tertiary alicyclic amines) is 1. The molecule has 0 unspecified atom stereocenters. The molecule has 238 valence electrons. The van der Waals surface area contributed by atoms with E-state index in [1.165, 1.54) is 28.4 Å². The average molecular weight is 612 g/mol. The molecule has 45 heavy (non-hydrogen) atoms. The molecule has 1 aromatic heterocycles. The molecule has 0 radical (unpaired) electrons. The molecule has 0 bridgehead atoms. The number of rotatable bonds is 6. The van der Waals surface area contributed by atoms with E-state index in [4.69, 9.17) is 19.4 Å². The molecule has 10 heteroatoms. The van der Waals surface area contributed by atoms with Gasteiger partial charge in [0, 0.05) is 48.9 Å². The number of likely N-dealkylation sites (N-methyl/N-ethyl adjacent to an activating group) is 1. The SMILES string of the molecule is Cc1cccc2cccc(N3CCc4c(nc(OC[C@@H]5CCCN5C)nc4N4CCN(C(=O)OC(C)(C)C)[C@@H](CC#N)C4)C3)c12. The van der Waals surface area contributed by atoms with Crippen LogP contribution in [0.5, 0.6) is 6.01 Å². The Morgan fingerprint density at radius 3 is 2.58 bits per heavy atom. The van der Waals surface area contributed by atoms with Crippen LogP contribution in [0.4, 0.5) is 16.3 Å². The van der Waals surface area contributed by atoms with Gasteiger partial charge in [-0.2, -0.15) is 15.2 Å². The lowest BCUT2D eigenvalue weighted by Crippen LogP contribution is -2.56. The third-order valence-corrected chi connectivity index (χ3v) is 9.27. The van der Waals surface area contributed by atoms with Crippen molar-refractivity contribution in [3.63, 3.8) is 0 Å². The minimum atomic E-state index is -0.606. The predicted molar refractivity (Wildman–Crippen MR) is 176 cm³/mol. The van der Waals surface area contributed by atoms with Crippen LogP contribution in [-0.2, 0) is 17.7 Å². The summed E-state index contributed by atoms with van der Waals surface area (Å²) in [6.45, 7) is 12.4. The summed E-state index contributed by atoms with van der Waals surface area (Å²) in [5.41, 5.74) is 3.96. The summed E-state index contributed by atoms with van der Waals surface area (Å²) in [5, 5.41) is 12.2. The lowest BCUT2D eigenvalue weighted by atomic mass is 9.99. The van der Waals surface area contributed by atoms with Gasteiger partial charge < -0.3 is 29.1 Å². The smallest absolute Gasteiger partial charge is 0.410 e. The highest BCUT2D eigenvalue weighted by Crippen LogP contribution is 2.36. The summed E-state index contributed by atoms with van der Waals surface area (Å²) in [4.78, 5) is 31.8. The van der Waals surface area contributed by atoms with E-state index in [0.29, 0.717) is 44.8 Å². The van der Waals surface area contributed by atoms with E-state index in [-0.39, 0.29) is 18.6 Å². The van der Waals surface area contributed by atoms with Crippen LogP contribution in [0, 0.1) is 18.3 Å². The number of piperazine rings is 1. The second-order valence-corrected chi connectivity index (χ2v) is 13.6. The summed E-state index contributed by atoms with van der Waals surface area (Å²) < 4.78 is 12.0. The zero-order chi connectivity index (χ0) is 31.7. The number of fused-ring (bicyclic) bond motifs is 2. The van der Waals surface area contributed by atoms with Crippen LogP contribution in [0.15, 0.2) is 36.4 Å². The lowest BCUT2D eigenvalue weighted by molar-refractivity contribution is 0.0144. The summed E-state index contributed by atoms with van der Waals surface area (Å²) in [6, 6.07) is 15.7. The fourth-order valence-electron chi connectivity index (χ4n) is 6.94. The molecule has 0 spiro atoms. The number of carbonyl (C=O) groups is 1. The molecule has 3 aliphatic rings. The first kappa shape index (κ1) is 30.9. The van der Waals surface area contributed by atoms with Gasteiger partial charge in [0.15, 0.2) is 0 Å². The Labute approximate surface area is 266 Å². The molecule has 2 saturated heterocycles. The van der Waals surface area contributed by atoms with Gasteiger partial charge in [0.05, 0.1) is 30.8 Å². The van der Waals surface area contributed by atoms with E-state index >= 15 is 0 Å². The number of nitrogens with zero attached hydrogens (tertiary/aromatic N) is 7. The molecule has 1 amide bonds. The van der Waals surface area contributed by atoms with Crippen molar-refractivity contribution in [3.05, 3.63) is 53.2 Å². The molecular formula is C35H45N7O3. The van der Waals surface area contributed by atoms with Gasteiger partial charge in [-0.3, -0.25) is 0 Å². The van der Waals surface area contributed by atoms with E-state index in [1.807, 2.05) is 20.8 Å². The summed E-state index contributed by atoms with van der Waals surface area (Å²) in [6.07, 6.45) is 2.90. The number of benzene rings is 2. The van der Waals surface area contributed by atoms with Crippen molar-refractivity contribution in [2.45, 2.75) is 77.6 Å². The van der Waals surface area contributed by atoms with Crippen molar-refractivity contribution in [2.75, 3.05) is 56.2 Å². The van der Waals surface area contributed by atoms with E-state index in [0.717, 1.165) is 43.0 Å². The average Bonchev–Trinajstić information content (AvgIpc) is 3.42. The molecule has 2 fully saturated rings. The van der Waals surface area contributed by atoms with Crippen LogP contribution in [0.1, 0.15) is 56.9 Å². The van der Waals surface area contributed by atoms with Gasteiger partial charge in [-0.15, -0.1) is 0 Å². The highest BCUT2D eigenvalue weighted by Gasteiger charge is 2.36. The maximum atomic E-state index is 13.1. The lowest BCUT2D eigenvalue weighted by Gasteiger charge is -2.42. The number of aryl methyl sites for hydroxylation is 1. The van der Waals surface area contributed by atoms with E-state index < -0.39 is 5.60 Å². The first-order valence-corrected chi connectivity index (χ1v) is 16.2. The summed E-state index contributed by atoms with van der Waals surface area (Å²) in [7, 11) is 2.14. The zero-order valence-electron chi connectivity index (χ0n) is 27.3. The molecule has 0 aliphatic carbocycles. The second kappa shape index (κ2) is 12.7. The Balaban J connectivity index is 1.32. The Hall–Kier alpha value is -4.10. The minimum Gasteiger partial charge on any atom is -0.462 e. The van der Waals surface area contributed by atoms with Gasteiger partial charge in [-0.1, -0.05) is 30.3 Å². The molecule has 0 saturated carbocycles. The van der Waals surface area contributed by atoms with Crippen molar-refractivity contribution in [3.8, 4) is 12.1 Å². The second-order valence-electron chi connectivity index (χ2n) is 13.6. The molecule has 3 aromatic rings. The third-order valence-electron chi connectivity index (χ3n) is 9.27. The number of hydrogen-bond donors (Lipinski definition) is 0. The maximum Gasteiger partial charge on any atom is 0.410 e. The van der Waals surface area contributed by atoms with Crippen LogP contribution in [-0.4, -0.2) is 89.9 Å². The predicted octanol–water partition coefficient (Wildman–Crippen LogP) is 5.31. The van der Waals surface area contributed by atoms with Gasteiger partial charge in [0.1, 0.15) is 18.0 Å². The van der Waals surface area contributed by atoms with Gasteiger partial charge in [0.2, 0.25) is 0 Å². The molecule has 6 rings (SSSR count). The molecule has 2 atom stereocenters. The highest BCUT2D eigenvalue weighted by molar-refractivity contribution is 5.97. The first-order valence-electron chi connectivity index (χ1n) is 16.2. The number of nitriles is 1. The van der Waals surface area contributed by atoms with Gasteiger partial charge in [-0.25, -0.2) is 4.79 Å². The van der Waals surface area contributed by atoms with Crippen LogP contribution in [0.25, 0.3) is 10.8 Å². The van der Waals surface area contributed by atoms with Crippen LogP contribution in [0.2, 0.25) is 0 Å². The quantitative estimate of drug-likeness (QED) is 0.367. The summed E-state index contributed by atoms with van der Waals surface area (Å²) in [5.74, 6) is 0.857. The van der Waals surface area contributed by atoms with Crippen molar-refractivity contribution < 1.29 is 14.3 Å². The normalized spacial score (nSPS) is 20.7. The standard InChI is InChI=1S/C35H45N7O3/c1-24-9-6-10-25-11-7-13-30(31(24)25)40-18-15-28-29(22-40)37-33(44-23-27-12-8-17-39(27)5)38-32(28)41-19-20-42(26(21-41)14-16-36)34(43)45-35(2,3)4/h6-7,9-11,13,26-27H,8,12,14-15,17-23H2,1-5H3/t26-,27-/m0/s1. The number of amides is 1. The maximum absolute atomic E-state index is 13.1. The monoisotopic (exact) mass is 611 g/mol. The number of ether oxygens (including phenoxy) is 2. The first-order chi connectivity index (χ1) is 21.6. The molecule has 2 aromatic carbocycles. The third kappa shape index (κ3) is 6.64. The van der Waals surface area contributed by atoms with Gasteiger partial charge in [0.25, 0.3) is 0 Å². The molecule has 4 heterocycles.